The summed E-state index contributed by atoms with van der Waals surface area (Å²) in [5, 5.41) is 9.41. The maximum Gasteiger partial charge on any atom is 0.0620 e. The van der Waals surface area contributed by atoms with Crippen molar-refractivity contribution in [2.24, 2.45) is 5.92 Å². The molecule has 0 radical (unpaired) electrons. The first-order valence-electron chi connectivity index (χ1n) is 8.27. The number of hydrogen-bond acceptors (Lipinski definition) is 4. The molecule has 4 heteroatoms. The Kier molecular flexibility index (Phi) is 6.27. The van der Waals surface area contributed by atoms with E-state index in [-0.39, 0.29) is 0 Å². The van der Waals surface area contributed by atoms with Gasteiger partial charge in [-0.15, -0.1) is 0 Å². The van der Waals surface area contributed by atoms with E-state index in [9.17, 15) is 5.11 Å². The van der Waals surface area contributed by atoms with E-state index in [1.54, 1.807) is 0 Å². The van der Waals surface area contributed by atoms with E-state index in [2.05, 4.69) is 23.6 Å². The van der Waals surface area contributed by atoms with Crippen molar-refractivity contribution in [3.8, 4) is 0 Å². The average molecular weight is 284 g/mol. The van der Waals surface area contributed by atoms with Gasteiger partial charge >= 0.3 is 0 Å². The second kappa shape index (κ2) is 7.74. The third-order valence-electron chi connectivity index (χ3n) is 5.23. The SMILES string of the molecule is COCC1C(CCN2CCCC2CO)CCN1C(C)C. The average Bonchev–Trinajstić information content (AvgIpc) is 3.03. The van der Waals surface area contributed by atoms with E-state index in [4.69, 9.17) is 4.74 Å². The number of methoxy groups -OCH3 is 1. The molecule has 3 unspecified atom stereocenters. The monoisotopic (exact) mass is 284 g/mol. The summed E-state index contributed by atoms with van der Waals surface area (Å²) in [5.41, 5.74) is 0. The highest BCUT2D eigenvalue weighted by Gasteiger charge is 2.35. The van der Waals surface area contributed by atoms with Gasteiger partial charge in [0.05, 0.1) is 13.2 Å². The molecule has 20 heavy (non-hydrogen) atoms. The highest BCUT2D eigenvalue weighted by Crippen LogP contribution is 2.30. The zero-order valence-corrected chi connectivity index (χ0v) is 13.4. The Labute approximate surface area is 124 Å². The molecule has 118 valence electrons. The fraction of sp³-hybridized carbons (Fsp3) is 1.00. The summed E-state index contributed by atoms with van der Waals surface area (Å²) in [6.07, 6.45) is 4.95. The molecule has 4 nitrogen and oxygen atoms in total. The molecule has 2 aliphatic heterocycles. The second-order valence-corrected chi connectivity index (χ2v) is 6.71. The van der Waals surface area contributed by atoms with Crippen LogP contribution in [-0.2, 0) is 4.74 Å². The third-order valence-corrected chi connectivity index (χ3v) is 5.23. The predicted octanol–water partition coefficient (Wildman–Crippen LogP) is 1.58. The molecule has 0 aromatic heterocycles. The summed E-state index contributed by atoms with van der Waals surface area (Å²) < 4.78 is 5.46. The second-order valence-electron chi connectivity index (χ2n) is 6.71. The van der Waals surface area contributed by atoms with Gasteiger partial charge in [0, 0.05) is 25.2 Å². The first-order valence-corrected chi connectivity index (χ1v) is 8.27. The fourth-order valence-electron chi connectivity index (χ4n) is 4.05. The van der Waals surface area contributed by atoms with E-state index in [0.717, 1.165) is 19.1 Å². The third kappa shape index (κ3) is 3.73. The van der Waals surface area contributed by atoms with Crippen molar-refractivity contribution in [1.82, 2.24) is 9.80 Å². The lowest BCUT2D eigenvalue weighted by molar-refractivity contribution is 0.0739. The molecule has 3 atom stereocenters. The molecule has 0 aromatic rings. The van der Waals surface area contributed by atoms with Gasteiger partial charge in [-0.1, -0.05) is 0 Å². The maximum absolute atomic E-state index is 9.41. The van der Waals surface area contributed by atoms with Crippen LogP contribution in [-0.4, -0.2) is 73.0 Å². The molecule has 1 N–H and O–H groups in total. The van der Waals surface area contributed by atoms with E-state index in [0.29, 0.717) is 24.7 Å². The maximum atomic E-state index is 9.41. The lowest BCUT2D eigenvalue weighted by atomic mass is 9.96. The van der Waals surface area contributed by atoms with Crippen molar-refractivity contribution in [2.45, 2.75) is 57.7 Å². The van der Waals surface area contributed by atoms with Crippen LogP contribution < -0.4 is 0 Å². The van der Waals surface area contributed by atoms with Crippen LogP contribution in [0.25, 0.3) is 0 Å². The van der Waals surface area contributed by atoms with Gasteiger partial charge in [-0.2, -0.15) is 0 Å². The minimum Gasteiger partial charge on any atom is -0.395 e. The van der Waals surface area contributed by atoms with Gasteiger partial charge in [0.15, 0.2) is 0 Å². The number of aliphatic hydroxyl groups is 1. The van der Waals surface area contributed by atoms with E-state index < -0.39 is 0 Å². The molecule has 2 fully saturated rings. The largest absolute Gasteiger partial charge is 0.395 e. The van der Waals surface area contributed by atoms with Crippen molar-refractivity contribution in [2.75, 3.05) is 40.0 Å². The Morgan fingerprint density at radius 3 is 2.70 bits per heavy atom. The van der Waals surface area contributed by atoms with Crippen LogP contribution in [0.15, 0.2) is 0 Å². The molecule has 0 aromatic carbocycles. The first-order chi connectivity index (χ1) is 9.67. The topological polar surface area (TPSA) is 35.9 Å². The Balaban J connectivity index is 1.85. The first kappa shape index (κ1) is 16.2. The highest BCUT2D eigenvalue weighted by atomic mass is 16.5. The summed E-state index contributed by atoms with van der Waals surface area (Å²) in [4.78, 5) is 5.09. The van der Waals surface area contributed by atoms with Gasteiger partial charge in [0.2, 0.25) is 0 Å². The number of hydrogen-bond donors (Lipinski definition) is 1. The molecule has 2 saturated heterocycles. The number of nitrogens with zero attached hydrogens (tertiary/aromatic N) is 2. The Hall–Kier alpha value is -0.160. The van der Waals surface area contributed by atoms with Crippen LogP contribution >= 0.6 is 0 Å². The van der Waals surface area contributed by atoms with E-state index in [1.807, 2.05) is 7.11 Å². The Morgan fingerprint density at radius 2 is 2.05 bits per heavy atom. The molecule has 2 rings (SSSR count). The van der Waals surface area contributed by atoms with Gasteiger partial charge < -0.3 is 9.84 Å². The molecule has 0 spiro atoms. The van der Waals surface area contributed by atoms with Gasteiger partial charge in [-0.05, 0) is 65.1 Å². The Morgan fingerprint density at radius 1 is 1.25 bits per heavy atom. The molecule has 0 aliphatic carbocycles. The number of likely N-dealkylation sites (tertiary alicyclic amines) is 2. The van der Waals surface area contributed by atoms with Gasteiger partial charge in [0.1, 0.15) is 0 Å². The molecular formula is C16H32N2O2. The summed E-state index contributed by atoms with van der Waals surface area (Å²) in [6.45, 7) is 9.26. The van der Waals surface area contributed by atoms with E-state index in [1.165, 1.54) is 38.8 Å². The summed E-state index contributed by atoms with van der Waals surface area (Å²) >= 11 is 0. The number of aliphatic hydroxyl groups excluding tert-OH is 1. The molecule has 0 bridgehead atoms. The molecule has 2 heterocycles. The van der Waals surface area contributed by atoms with Crippen molar-refractivity contribution in [3.63, 3.8) is 0 Å². The predicted molar refractivity (Wildman–Crippen MR) is 81.9 cm³/mol. The van der Waals surface area contributed by atoms with Crippen molar-refractivity contribution >= 4 is 0 Å². The summed E-state index contributed by atoms with van der Waals surface area (Å²) in [5.74, 6) is 0.747. The van der Waals surface area contributed by atoms with Crippen LogP contribution in [0.1, 0.15) is 39.5 Å². The zero-order valence-electron chi connectivity index (χ0n) is 13.4. The zero-order chi connectivity index (χ0) is 14.5. The van der Waals surface area contributed by atoms with Crippen LogP contribution in [0, 0.1) is 5.92 Å². The van der Waals surface area contributed by atoms with Crippen molar-refractivity contribution < 1.29 is 9.84 Å². The van der Waals surface area contributed by atoms with Gasteiger partial charge in [-0.3, -0.25) is 9.80 Å². The van der Waals surface area contributed by atoms with Crippen LogP contribution in [0.3, 0.4) is 0 Å². The minimum absolute atomic E-state index is 0.324. The lowest BCUT2D eigenvalue weighted by Crippen LogP contribution is -2.42. The van der Waals surface area contributed by atoms with Crippen LogP contribution in [0.2, 0.25) is 0 Å². The minimum atomic E-state index is 0.324. The van der Waals surface area contributed by atoms with Gasteiger partial charge in [0.25, 0.3) is 0 Å². The summed E-state index contributed by atoms with van der Waals surface area (Å²) in [6, 6.07) is 1.60. The quantitative estimate of drug-likeness (QED) is 0.770. The smallest absolute Gasteiger partial charge is 0.0620 e. The molecule has 0 saturated carbocycles. The molecular weight excluding hydrogens is 252 g/mol. The molecule has 0 amide bonds. The van der Waals surface area contributed by atoms with Crippen molar-refractivity contribution in [1.29, 1.82) is 0 Å². The number of rotatable bonds is 7. The molecule has 2 aliphatic rings. The normalized spacial score (nSPS) is 32.5. The van der Waals surface area contributed by atoms with Crippen molar-refractivity contribution in [3.05, 3.63) is 0 Å². The Bertz CT molecular complexity index is 286. The highest BCUT2D eigenvalue weighted by molar-refractivity contribution is 4.90. The van der Waals surface area contributed by atoms with Gasteiger partial charge in [-0.25, -0.2) is 0 Å². The standard InChI is InChI=1S/C16H32N2O2/c1-13(2)18-10-7-14(16(18)12-20-3)6-9-17-8-4-5-15(17)11-19/h13-16,19H,4-12H2,1-3H3. The summed E-state index contributed by atoms with van der Waals surface area (Å²) in [7, 11) is 1.82. The van der Waals surface area contributed by atoms with Crippen LogP contribution in [0.4, 0.5) is 0 Å². The number of ether oxygens (including phenoxy) is 1. The lowest BCUT2D eigenvalue weighted by Gasteiger charge is -2.32. The van der Waals surface area contributed by atoms with E-state index >= 15 is 0 Å². The van der Waals surface area contributed by atoms with Crippen LogP contribution in [0.5, 0.6) is 0 Å². The fourth-order valence-corrected chi connectivity index (χ4v) is 4.05.